The minimum atomic E-state index is -3.70. The van der Waals surface area contributed by atoms with Gasteiger partial charge >= 0.3 is 10.2 Å². The Morgan fingerprint density at radius 1 is 1.32 bits per heavy atom. The average Bonchev–Trinajstić information content (AvgIpc) is 2.46. The summed E-state index contributed by atoms with van der Waals surface area (Å²) >= 11 is 0. The number of nitrogens with one attached hydrogen (secondary N) is 2. The highest BCUT2D eigenvalue weighted by atomic mass is 32.2. The van der Waals surface area contributed by atoms with E-state index in [-0.39, 0.29) is 17.9 Å². The molecule has 0 saturated carbocycles. The second kappa shape index (κ2) is 5.50. The van der Waals surface area contributed by atoms with Crippen molar-refractivity contribution in [2.45, 2.75) is 19.9 Å². The molecule has 2 aromatic rings. The number of aryl methyl sites for hydroxylation is 1. The number of fused-ring (bicyclic) bond motifs is 1. The molecule has 3 heterocycles. The first-order valence-corrected chi connectivity index (χ1v) is 8.16. The van der Waals surface area contributed by atoms with Crippen molar-refractivity contribution in [1.82, 2.24) is 19.3 Å². The predicted molar refractivity (Wildman–Crippen MR) is 80.5 cm³/mol. The van der Waals surface area contributed by atoms with Crippen LogP contribution >= 0.6 is 0 Å². The van der Waals surface area contributed by atoms with Gasteiger partial charge in [0.05, 0.1) is 0 Å². The zero-order chi connectivity index (χ0) is 15.7. The van der Waals surface area contributed by atoms with Gasteiger partial charge in [0.15, 0.2) is 0 Å². The third-order valence-electron chi connectivity index (χ3n) is 3.43. The largest absolute Gasteiger partial charge is 0.326 e. The minimum Gasteiger partial charge on any atom is -0.326 e. The number of aromatic nitrogens is 3. The topological polar surface area (TPSA) is 108 Å². The highest BCUT2D eigenvalue weighted by molar-refractivity contribution is 7.90. The highest BCUT2D eigenvalue weighted by Crippen LogP contribution is 2.19. The lowest BCUT2D eigenvalue weighted by Gasteiger charge is -2.27. The normalized spacial score (nSPS) is 15.3. The molecule has 0 amide bonds. The standard InChI is InChI=1S/C13H15N5O3S/c1-9-6-12(15-8-14-9)17-22(20,21)18-5-4-11-10(7-18)2-3-13(19)16-11/h2-3,6,8H,4-5,7H2,1H3,(H,16,19)(H,14,15,17). The maximum atomic E-state index is 12.4. The van der Waals surface area contributed by atoms with Crippen molar-refractivity contribution in [1.29, 1.82) is 0 Å². The summed E-state index contributed by atoms with van der Waals surface area (Å²) in [4.78, 5) is 21.8. The minimum absolute atomic E-state index is 0.176. The molecule has 2 N–H and O–H groups in total. The molecule has 0 bridgehead atoms. The maximum Gasteiger partial charge on any atom is 0.303 e. The fourth-order valence-electron chi connectivity index (χ4n) is 2.34. The quantitative estimate of drug-likeness (QED) is 0.839. The van der Waals surface area contributed by atoms with E-state index in [4.69, 9.17) is 0 Å². The fourth-order valence-corrected chi connectivity index (χ4v) is 3.48. The lowest BCUT2D eigenvalue weighted by molar-refractivity contribution is 0.390. The van der Waals surface area contributed by atoms with Crippen molar-refractivity contribution in [2.75, 3.05) is 11.3 Å². The molecule has 22 heavy (non-hydrogen) atoms. The molecule has 0 unspecified atom stereocenters. The van der Waals surface area contributed by atoms with E-state index >= 15 is 0 Å². The number of hydrogen-bond acceptors (Lipinski definition) is 5. The van der Waals surface area contributed by atoms with E-state index in [1.165, 1.54) is 16.7 Å². The van der Waals surface area contributed by atoms with Gasteiger partial charge < -0.3 is 4.98 Å². The molecule has 2 aromatic heterocycles. The van der Waals surface area contributed by atoms with Crippen LogP contribution in [0.1, 0.15) is 17.0 Å². The van der Waals surface area contributed by atoms with E-state index in [1.54, 1.807) is 19.1 Å². The summed E-state index contributed by atoms with van der Waals surface area (Å²) in [6, 6.07) is 4.62. The molecule has 0 aliphatic carbocycles. The lowest BCUT2D eigenvalue weighted by Crippen LogP contribution is -2.40. The molecule has 9 heteroatoms. The summed E-state index contributed by atoms with van der Waals surface area (Å²) in [5.74, 6) is 0.236. The van der Waals surface area contributed by atoms with E-state index in [1.807, 2.05) is 0 Å². The monoisotopic (exact) mass is 321 g/mol. The van der Waals surface area contributed by atoms with Crippen LogP contribution in [0.15, 0.2) is 29.3 Å². The van der Waals surface area contributed by atoms with Crippen molar-refractivity contribution >= 4 is 16.0 Å². The van der Waals surface area contributed by atoms with E-state index in [2.05, 4.69) is 19.7 Å². The first-order valence-electron chi connectivity index (χ1n) is 6.72. The molecule has 1 aliphatic heterocycles. The first-order chi connectivity index (χ1) is 10.4. The van der Waals surface area contributed by atoms with Gasteiger partial charge in [0.1, 0.15) is 12.1 Å². The summed E-state index contributed by atoms with van der Waals surface area (Å²) < 4.78 is 28.6. The van der Waals surface area contributed by atoms with Crippen LogP contribution in [0.3, 0.4) is 0 Å². The number of hydrogen-bond donors (Lipinski definition) is 2. The molecule has 1 aliphatic rings. The number of aromatic amines is 1. The summed E-state index contributed by atoms with van der Waals surface area (Å²) in [6.45, 7) is 2.27. The molecule has 3 rings (SSSR count). The van der Waals surface area contributed by atoms with E-state index in [0.29, 0.717) is 18.7 Å². The molecule has 0 aromatic carbocycles. The van der Waals surface area contributed by atoms with Crippen LogP contribution < -0.4 is 10.3 Å². The van der Waals surface area contributed by atoms with Gasteiger partial charge in [0.25, 0.3) is 0 Å². The zero-order valence-electron chi connectivity index (χ0n) is 11.9. The number of pyridine rings is 1. The second-order valence-corrected chi connectivity index (χ2v) is 6.73. The fraction of sp³-hybridized carbons (Fsp3) is 0.308. The molecule has 0 radical (unpaired) electrons. The van der Waals surface area contributed by atoms with Crippen molar-refractivity contribution in [2.24, 2.45) is 0 Å². The number of H-pyrrole nitrogens is 1. The Hall–Kier alpha value is -2.26. The molecular formula is C13H15N5O3S. The third kappa shape index (κ3) is 3.00. The predicted octanol–water partition coefficient (Wildman–Crippen LogP) is 0.188. The number of nitrogens with zero attached hydrogens (tertiary/aromatic N) is 3. The molecule has 116 valence electrons. The Kier molecular flexibility index (Phi) is 3.67. The summed E-state index contributed by atoms with van der Waals surface area (Å²) in [5, 5.41) is 0. The van der Waals surface area contributed by atoms with Crippen LogP contribution in [-0.4, -0.2) is 34.2 Å². The average molecular weight is 321 g/mol. The molecule has 0 spiro atoms. The van der Waals surface area contributed by atoms with Crippen molar-refractivity contribution in [3.05, 3.63) is 51.8 Å². The summed E-state index contributed by atoms with van der Waals surface area (Å²) in [5.41, 5.74) is 2.09. The molecular weight excluding hydrogens is 306 g/mol. The van der Waals surface area contributed by atoms with Crippen molar-refractivity contribution < 1.29 is 8.42 Å². The first kappa shape index (κ1) is 14.7. The highest BCUT2D eigenvalue weighted by Gasteiger charge is 2.27. The SMILES string of the molecule is Cc1cc(NS(=O)(=O)N2CCc3[nH]c(=O)ccc3C2)ncn1. The summed E-state index contributed by atoms with van der Waals surface area (Å²) in [7, 11) is -3.70. The maximum absolute atomic E-state index is 12.4. The smallest absolute Gasteiger partial charge is 0.303 e. The van der Waals surface area contributed by atoms with Crippen LogP contribution in [0.25, 0.3) is 0 Å². The van der Waals surface area contributed by atoms with Gasteiger partial charge in [-0.25, -0.2) is 9.97 Å². The van der Waals surface area contributed by atoms with Crippen LogP contribution in [0.2, 0.25) is 0 Å². The van der Waals surface area contributed by atoms with Gasteiger partial charge in [-0.15, -0.1) is 0 Å². The zero-order valence-corrected chi connectivity index (χ0v) is 12.7. The van der Waals surface area contributed by atoms with Gasteiger partial charge in [-0.1, -0.05) is 6.07 Å². The van der Waals surface area contributed by atoms with E-state index in [0.717, 1.165) is 11.3 Å². The van der Waals surface area contributed by atoms with Crippen LogP contribution in [0, 0.1) is 6.92 Å². The Morgan fingerprint density at radius 3 is 2.91 bits per heavy atom. The molecule has 0 saturated heterocycles. The Labute approximate surface area is 127 Å². The second-order valence-electron chi connectivity index (χ2n) is 5.06. The third-order valence-corrected chi connectivity index (χ3v) is 4.89. The molecule has 0 atom stereocenters. The van der Waals surface area contributed by atoms with Crippen LogP contribution in [-0.2, 0) is 23.2 Å². The van der Waals surface area contributed by atoms with Crippen LogP contribution in [0.5, 0.6) is 0 Å². The van der Waals surface area contributed by atoms with Gasteiger partial charge in [-0.3, -0.25) is 9.52 Å². The van der Waals surface area contributed by atoms with Crippen LogP contribution in [0.4, 0.5) is 5.82 Å². The number of rotatable bonds is 3. The molecule has 0 fully saturated rings. The van der Waals surface area contributed by atoms with Crippen molar-refractivity contribution in [3.63, 3.8) is 0 Å². The Morgan fingerprint density at radius 2 is 2.14 bits per heavy atom. The van der Waals surface area contributed by atoms with Gasteiger partial charge in [0, 0.05) is 43.0 Å². The Balaban J connectivity index is 1.82. The van der Waals surface area contributed by atoms with E-state index < -0.39 is 10.2 Å². The summed E-state index contributed by atoms with van der Waals surface area (Å²) in [6.07, 6.45) is 1.78. The molecule has 8 nitrogen and oxygen atoms in total. The van der Waals surface area contributed by atoms with E-state index in [9.17, 15) is 13.2 Å². The van der Waals surface area contributed by atoms with Gasteiger partial charge in [-0.2, -0.15) is 12.7 Å². The number of anilines is 1. The van der Waals surface area contributed by atoms with Crippen molar-refractivity contribution in [3.8, 4) is 0 Å². The Bertz CT molecular complexity index is 862. The van der Waals surface area contributed by atoms with Gasteiger partial charge in [0.2, 0.25) is 5.56 Å². The lowest BCUT2D eigenvalue weighted by atomic mass is 10.1. The van der Waals surface area contributed by atoms with Gasteiger partial charge in [-0.05, 0) is 12.5 Å².